The molecule has 0 unspecified atom stereocenters. The van der Waals surface area contributed by atoms with Gasteiger partial charge in [-0.2, -0.15) is 11.8 Å². The number of nitrogens with one attached hydrogen (secondary N) is 2. The fourth-order valence-corrected chi connectivity index (χ4v) is 3.61. The highest BCUT2D eigenvalue weighted by Gasteiger charge is 2.20. The average Bonchev–Trinajstić information content (AvgIpc) is 2.79. The average molecular weight is 298 g/mol. The van der Waals surface area contributed by atoms with Gasteiger partial charge in [0.05, 0.1) is 10.6 Å². The number of amides is 2. The Kier molecular flexibility index (Phi) is 4.87. The third-order valence-electron chi connectivity index (χ3n) is 3.14. The Balaban J connectivity index is 1.95. The van der Waals surface area contributed by atoms with Crippen molar-refractivity contribution in [2.75, 3.05) is 12.0 Å². The molecule has 2 rings (SSSR count). The zero-order valence-electron chi connectivity index (χ0n) is 11.1. The summed E-state index contributed by atoms with van der Waals surface area (Å²) in [4.78, 5) is 25.2. The first kappa shape index (κ1) is 14.4. The van der Waals surface area contributed by atoms with Gasteiger partial charge in [0.15, 0.2) is 0 Å². The molecule has 1 heterocycles. The quantitative estimate of drug-likeness (QED) is 0.839. The Bertz CT molecular complexity index is 485. The van der Waals surface area contributed by atoms with Crippen molar-refractivity contribution in [3.63, 3.8) is 0 Å². The van der Waals surface area contributed by atoms with Crippen LogP contribution >= 0.6 is 23.1 Å². The third-order valence-corrected chi connectivity index (χ3v) is 4.93. The molecule has 19 heavy (non-hydrogen) atoms. The van der Waals surface area contributed by atoms with Crippen molar-refractivity contribution in [3.8, 4) is 0 Å². The molecule has 0 aromatic carbocycles. The molecule has 2 amide bonds. The number of carbonyl (C=O) groups excluding carboxylic acids is 2. The highest BCUT2D eigenvalue weighted by molar-refractivity contribution is 7.99. The molecule has 1 aliphatic rings. The van der Waals surface area contributed by atoms with E-state index in [1.54, 1.807) is 11.3 Å². The molecule has 0 aliphatic heterocycles. The summed E-state index contributed by atoms with van der Waals surface area (Å²) in [5.74, 6) is 0.634. The van der Waals surface area contributed by atoms with E-state index in [0.717, 1.165) is 12.8 Å². The molecule has 0 bridgehead atoms. The molecule has 4 nitrogen and oxygen atoms in total. The van der Waals surface area contributed by atoms with Crippen LogP contribution in [0.25, 0.3) is 0 Å². The van der Waals surface area contributed by atoms with E-state index in [9.17, 15) is 9.59 Å². The summed E-state index contributed by atoms with van der Waals surface area (Å²) in [6, 6.07) is 1.96. The fraction of sp³-hybridized carbons (Fsp3) is 0.538. The lowest BCUT2D eigenvalue weighted by Gasteiger charge is -2.16. The Labute approximate surface area is 121 Å². The molecule has 1 aromatic heterocycles. The summed E-state index contributed by atoms with van der Waals surface area (Å²) in [6.45, 7) is 2.24. The van der Waals surface area contributed by atoms with E-state index in [0.29, 0.717) is 16.5 Å². The molecule has 1 atom stereocenters. The van der Waals surface area contributed by atoms with Crippen molar-refractivity contribution in [1.29, 1.82) is 0 Å². The first-order valence-electron chi connectivity index (χ1n) is 6.30. The SMILES string of the molecule is CSCC(=O)NNC(=O)c1cc2c(s1)CC[C@H](C)C2. The predicted octanol–water partition coefficient (Wildman–Crippen LogP) is 2.00. The summed E-state index contributed by atoms with van der Waals surface area (Å²) < 4.78 is 0. The van der Waals surface area contributed by atoms with E-state index >= 15 is 0 Å². The molecule has 1 aromatic rings. The van der Waals surface area contributed by atoms with Gasteiger partial charge in [-0.05, 0) is 43.1 Å². The van der Waals surface area contributed by atoms with Crippen LogP contribution < -0.4 is 10.9 Å². The van der Waals surface area contributed by atoms with Crippen LogP contribution in [-0.4, -0.2) is 23.8 Å². The maximum atomic E-state index is 11.9. The van der Waals surface area contributed by atoms with Crippen molar-refractivity contribution >= 4 is 34.9 Å². The summed E-state index contributed by atoms with van der Waals surface area (Å²) in [5.41, 5.74) is 6.18. The largest absolute Gasteiger partial charge is 0.279 e. The van der Waals surface area contributed by atoms with Crippen LogP contribution in [-0.2, 0) is 17.6 Å². The molecule has 0 spiro atoms. The van der Waals surface area contributed by atoms with Crippen molar-refractivity contribution < 1.29 is 9.59 Å². The van der Waals surface area contributed by atoms with Crippen molar-refractivity contribution in [2.24, 2.45) is 5.92 Å². The van der Waals surface area contributed by atoms with Crippen LogP contribution in [0.4, 0.5) is 0 Å². The van der Waals surface area contributed by atoms with E-state index in [1.165, 1.54) is 28.6 Å². The minimum Gasteiger partial charge on any atom is -0.272 e. The number of thiophene rings is 1. The van der Waals surface area contributed by atoms with E-state index < -0.39 is 0 Å². The van der Waals surface area contributed by atoms with Gasteiger partial charge in [-0.25, -0.2) is 0 Å². The zero-order chi connectivity index (χ0) is 13.8. The summed E-state index contributed by atoms with van der Waals surface area (Å²) >= 11 is 2.96. The lowest BCUT2D eigenvalue weighted by Crippen LogP contribution is -2.42. The van der Waals surface area contributed by atoms with E-state index in [2.05, 4.69) is 17.8 Å². The minimum atomic E-state index is -0.221. The molecule has 104 valence electrons. The number of thioether (sulfide) groups is 1. The predicted molar refractivity (Wildman–Crippen MR) is 79.5 cm³/mol. The molecular weight excluding hydrogens is 280 g/mol. The smallest absolute Gasteiger partial charge is 0.272 e. The van der Waals surface area contributed by atoms with E-state index in [-0.39, 0.29) is 11.8 Å². The maximum absolute atomic E-state index is 11.9. The summed E-state index contributed by atoms with van der Waals surface area (Å²) in [7, 11) is 0. The zero-order valence-corrected chi connectivity index (χ0v) is 12.7. The van der Waals surface area contributed by atoms with E-state index in [1.807, 2.05) is 12.3 Å². The van der Waals surface area contributed by atoms with Crippen molar-refractivity contribution in [1.82, 2.24) is 10.9 Å². The van der Waals surface area contributed by atoms with Gasteiger partial charge in [-0.3, -0.25) is 20.4 Å². The molecule has 2 N–H and O–H groups in total. The fourth-order valence-electron chi connectivity index (χ4n) is 2.17. The highest BCUT2D eigenvalue weighted by atomic mass is 32.2. The van der Waals surface area contributed by atoms with E-state index in [4.69, 9.17) is 0 Å². The first-order chi connectivity index (χ1) is 9.10. The second-order valence-electron chi connectivity index (χ2n) is 4.84. The van der Waals surface area contributed by atoms with Crippen LogP contribution in [0.3, 0.4) is 0 Å². The van der Waals surface area contributed by atoms with Gasteiger partial charge in [0.25, 0.3) is 5.91 Å². The van der Waals surface area contributed by atoms with Crippen molar-refractivity contribution in [3.05, 3.63) is 21.4 Å². The number of hydrazine groups is 1. The second-order valence-corrected chi connectivity index (χ2v) is 6.85. The number of aryl methyl sites for hydroxylation is 1. The third kappa shape index (κ3) is 3.73. The number of hydrogen-bond acceptors (Lipinski definition) is 4. The van der Waals surface area contributed by atoms with Gasteiger partial charge in [0, 0.05) is 4.88 Å². The first-order valence-corrected chi connectivity index (χ1v) is 8.51. The van der Waals surface area contributed by atoms with Gasteiger partial charge >= 0.3 is 0 Å². The molecule has 0 saturated heterocycles. The van der Waals surface area contributed by atoms with Crippen LogP contribution in [0.2, 0.25) is 0 Å². The monoisotopic (exact) mass is 298 g/mol. The minimum absolute atomic E-state index is 0.184. The topological polar surface area (TPSA) is 58.2 Å². The Morgan fingerprint density at radius 1 is 1.47 bits per heavy atom. The number of carbonyl (C=O) groups is 2. The number of fused-ring (bicyclic) bond motifs is 1. The lowest BCUT2D eigenvalue weighted by atomic mass is 9.90. The molecule has 0 radical (unpaired) electrons. The van der Waals surface area contributed by atoms with Crippen LogP contribution in [0.1, 0.15) is 33.5 Å². The number of rotatable bonds is 3. The van der Waals surface area contributed by atoms with Gasteiger partial charge in [0.1, 0.15) is 0 Å². The second kappa shape index (κ2) is 6.43. The Morgan fingerprint density at radius 2 is 2.26 bits per heavy atom. The summed E-state index contributed by atoms with van der Waals surface area (Å²) in [5, 5.41) is 0. The molecule has 1 aliphatic carbocycles. The van der Waals surface area contributed by atoms with Crippen LogP contribution in [0.5, 0.6) is 0 Å². The molecule has 0 saturated carbocycles. The Morgan fingerprint density at radius 3 is 3.00 bits per heavy atom. The van der Waals surface area contributed by atoms with Gasteiger partial charge < -0.3 is 0 Å². The highest BCUT2D eigenvalue weighted by Crippen LogP contribution is 2.31. The van der Waals surface area contributed by atoms with Gasteiger partial charge in [-0.15, -0.1) is 11.3 Å². The van der Waals surface area contributed by atoms with Gasteiger partial charge in [0.2, 0.25) is 5.91 Å². The van der Waals surface area contributed by atoms with Crippen LogP contribution in [0, 0.1) is 5.92 Å². The lowest BCUT2D eigenvalue weighted by molar-refractivity contribution is -0.119. The standard InChI is InChI=1S/C13H18N2O2S2/c1-8-3-4-10-9(5-8)6-11(19-10)13(17)15-14-12(16)7-18-2/h6,8H,3-5,7H2,1-2H3,(H,14,16)(H,15,17)/t8-/m0/s1. The van der Waals surface area contributed by atoms with Crippen molar-refractivity contribution in [2.45, 2.75) is 26.2 Å². The molecular formula is C13H18N2O2S2. The maximum Gasteiger partial charge on any atom is 0.279 e. The van der Waals surface area contributed by atoms with Crippen LogP contribution in [0.15, 0.2) is 6.07 Å². The Hall–Kier alpha value is -1.01. The number of hydrogen-bond donors (Lipinski definition) is 2. The van der Waals surface area contributed by atoms with Gasteiger partial charge in [-0.1, -0.05) is 6.92 Å². The molecule has 0 fully saturated rings. The summed E-state index contributed by atoms with van der Waals surface area (Å²) in [6.07, 6.45) is 5.15. The normalized spacial score (nSPS) is 17.7. The molecule has 6 heteroatoms.